The molecular weight excluding hydrogens is 430 g/mol. The van der Waals surface area contributed by atoms with Crippen LogP contribution in [0.1, 0.15) is 100 Å². The molecule has 0 radical (unpaired) electrons. The Morgan fingerprint density at radius 1 is 0.829 bits per heavy atom. The first-order chi connectivity index (χ1) is 16.8. The van der Waals surface area contributed by atoms with Crippen LogP contribution in [0, 0.1) is 11.8 Å². The predicted octanol–water partition coefficient (Wildman–Crippen LogP) is 7.13. The van der Waals surface area contributed by atoms with Crippen LogP contribution in [-0.4, -0.2) is 35.4 Å². The Hall–Kier alpha value is -1.97. The number of aliphatic hydroxyl groups is 1. The fourth-order valence-corrected chi connectivity index (χ4v) is 6.41. The van der Waals surface area contributed by atoms with E-state index < -0.39 is 5.60 Å². The second kappa shape index (κ2) is 11.4. The standard InChI is InChI=1S/C32H45NO2/c1-31(2,3)26-18-16-25(17-19-26)30(34)15-10-22-33-23-20-29(21-24-33)32(35,27-11-6-4-7-12-27)28-13-8-5-9-14-28/h4,6-7,11-12,16-19,28-29,35H,5,8-10,13-15,20-24H2,1-3H3. The highest BCUT2D eigenvalue weighted by molar-refractivity contribution is 5.96. The van der Waals surface area contributed by atoms with E-state index in [-0.39, 0.29) is 11.2 Å². The van der Waals surface area contributed by atoms with Gasteiger partial charge < -0.3 is 10.0 Å². The first-order valence-electron chi connectivity index (χ1n) is 13.9. The van der Waals surface area contributed by atoms with Gasteiger partial charge >= 0.3 is 0 Å². The third kappa shape index (κ3) is 6.24. The van der Waals surface area contributed by atoms with Crippen LogP contribution in [0.2, 0.25) is 0 Å². The molecule has 4 rings (SSSR count). The smallest absolute Gasteiger partial charge is 0.162 e. The van der Waals surface area contributed by atoms with Gasteiger partial charge in [0.25, 0.3) is 0 Å². The summed E-state index contributed by atoms with van der Waals surface area (Å²) < 4.78 is 0. The third-order valence-corrected chi connectivity index (χ3v) is 8.62. The molecule has 2 aromatic rings. The van der Waals surface area contributed by atoms with Crippen LogP contribution in [0.5, 0.6) is 0 Å². The summed E-state index contributed by atoms with van der Waals surface area (Å²) in [6, 6.07) is 18.7. The van der Waals surface area contributed by atoms with Gasteiger partial charge in [-0.05, 0) is 80.1 Å². The summed E-state index contributed by atoms with van der Waals surface area (Å²) in [5.41, 5.74) is 2.62. The lowest BCUT2D eigenvalue weighted by molar-refractivity contribution is -0.105. The average molecular weight is 476 g/mol. The zero-order valence-corrected chi connectivity index (χ0v) is 22.1. The highest BCUT2D eigenvalue weighted by Gasteiger charge is 2.46. The van der Waals surface area contributed by atoms with Gasteiger partial charge in [-0.3, -0.25) is 4.79 Å². The summed E-state index contributed by atoms with van der Waals surface area (Å²) in [5.74, 6) is 0.931. The topological polar surface area (TPSA) is 40.5 Å². The van der Waals surface area contributed by atoms with E-state index in [4.69, 9.17) is 0 Å². The number of hydrogen-bond acceptors (Lipinski definition) is 3. The summed E-state index contributed by atoms with van der Waals surface area (Å²) in [5, 5.41) is 12.2. The molecule has 2 aromatic carbocycles. The highest BCUT2D eigenvalue weighted by Crippen LogP contribution is 2.47. The molecule has 3 nitrogen and oxygen atoms in total. The zero-order chi connectivity index (χ0) is 24.9. The fraction of sp³-hybridized carbons (Fsp3) is 0.594. The van der Waals surface area contributed by atoms with Gasteiger partial charge in [0, 0.05) is 12.0 Å². The zero-order valence-electron chi connectivity index (χ0n) is 22.1. The van der Waals surface area contributed by atoms with Crippen molar-refractivity contribution in [1.82, 2.24) is 4.90 Å². The molecular formula is C32H45NO2. The molecule has 0 aromatic heterocycles. The Labute approximate surface area is 212 Å². The SMILES string of the molecule is CC(C)(C)c1ccc(C(=O)CCCN2CCC(C(O)(c3ccccc3)C3CCCCC3)CC2)cc1. The van der Waals surface area contributed by atoms with E-state index in [1.54, 1.807) is 0 Å². The summed E-state index contributed by atoms with van der Waals surface area (Å²) >= 11 is 0. The van der Waals surface area contributed by atoms with Crippen molar-refractivity contribution in [3.63, 3.8) is 0 Å². The molecule has 190 valence electrons. The lowest BCUT2D eigenvalue weighted by atomic mass is 9.65. The Balaban J connectivity index is 1.29. The van der Waals surface area contributed by atoms with Crippen molar-refractivity contribution in [1.29, 1.82) is 0 Å². The van der Waals surface area contributed by atoms with Gasteiger partial charge in [0.2, 0.25) is 0 Å². The number of benzene rings is 2. The maximum absolute atomic E-state index is 12.7. The number of hydrogen-bond donors (Lipinski definition) is 1. The van der Waals surface area contributed by atoms with Crippen LogP contribution in [-0.2, 0) is 11.0 Å². The van der Waals surface area contributed by atoms with E-state index in [0.717, 1.165) is 62.9 Å². The van der Waals surface area contributed by atoms with Crippen LogP contribution in [0.15, 0.2) is 54.6 Å². The molecule has 1 saturated heterocycles. The Bertz CT molecular complexity index is 932. The molecule has 3 heteroatoms. The molecule has 1 aliphatic carbocycles. The quantitative estimate of drug-likeness (QED) is 0.413. The summed E-state index contributed by atoms with van der Waals surface area (Å²) in [6.07, 6.45) is 9.64. The Morgan fingerprint density at radius 2 is 1.43 bits per heavy atom. The maximum atomic E-state index is 12.7. The molecule has 35 heavy (non-hydrogen) atoms. The number of carbonyl (C=O) groups is 1. The van der Waals surface area contributed by atoms with E-state index in [2.05, 4.69) is 62.1 Å². The van der Waals surface area contributed by atoms with E-state index in [1.165, 1.54) is 24.8 Å². The van der Waals surface area contributed by atoms with E-state index in [1.807, 2.05) is 18.2 Å². The Kier molecular flexibility index (Phi) is 8.50. The molecule has 1 unspecified atom stereocenters. The average Bonchev–Trinajstić information content (AvgIpc) is 2.89. The minimum absolute atomic E-state index is 0.108. The number of ketones is 1. The number of nitrogens with zero attached hydrogens (tertiary/aromatic N) is 1. The van der Waals surface area contributed by atoms with Gasteiger partial charge in [0.1, 0.15) is 0 Å². The molecule has 0 spiro atoms. The first-order valence-corrected chi connectivity index (χ1v) is 13.9. The third-order valence-electron chi connectivity index (χ3n) is 8.62. The number of likely N-dealkylation sites (tertiary alicyclic amines) is 1. The lowest BCUT2D eigenvalue weighted by Gasteiger charge is -2.47. The lowest BCUT2D eigenvalue weighted by Crippen LogP contribution is -2.48. The van der Waals surface area contributed by atoms with Crippen molar-refractivity contribution in [2.75, 3.05) is 19.6 Å². The second-order valence-electron chi connectivity index (χ2n) is 12.0. The minimum atomic E-state index is -0.705. The van der Waals surface area contributed by atoms with Gasteiger partial charge in [0.05, 0.1) is 5.60 Å². The van der Waals surface area contributed by atoms with Crippen molar-refractivity contribution < 1.29 is 9.90 Å². The minimum Gasteiger partial charge on any atom is -0.385 e. The van der Waals surface area contributed by atoms with Gasteiger partial charge in [-0.15, -0.1) is 0 Å². The van der Waals surface area contributed by atoms with E-state index >= 15 is 0 Å². The predicted molar refractivity (Wildman–Crippen MR) is 145 cm³/mol. The van der Waals surface area contributed by atoms with Gasteiger partial charge in [-0.2, -0.15) is 0 Å². The van der Waals surface area contributed by atoms with Crippen molar-refractivity contribution >= 4 is 5.78 Å². The normalized spacial score (nSPS) is 20.5. The van der Waals surface area contributed by atoms with Crippen molar-refractivity contribution in [3.05, 3.63) is 71.3 Å². The number of piperidine rings is 1. The molecule has 2 fully saturated rings. The number of Topliss-reactive ketones (excluding diaryl/α,β-unsaturated/α-hetero) is 1. The molecule has 1 aliphatic heterocycles. The van der Waals surface area contributed by atoms with Crippen LogP contribution in [0.25, 0.3) is 0 Å². The summed E-state index contributed by atoms with van der Waals surface area (Å²) in [4.78, 5) is 15.2. The van der Waals surface area contributed by atoms with Crippen LogP contribution >= 0.6 is 0 Å². The molecule has 0 amide bonds. The van der Waals surface area contributed by atoms with Crippen LogP contribution in [0.4, 0.5) is 0 Å². The van der Waals surface area contributed by atoms with Gasteiger partial charge in [-0.25, -0.2) is 0 Å². The second-order valence-corrected chi connectivity index (χ2v) is 12.0. The monoisotopic (exact) mass is 475 g/mol. The Morgan fingerprint density at radius 3 is 2.03 bits per heavy atom. The van der Waals surface area contributed by atoms with Gasteiger partial charge in [0.15, 0.2) is 5.78 Å². The molecule has 1 atom stereocenters. The van der Waals surface area contributed by atoms with E-state index in [0.29, 0.717) is 18.3 Å². The number of rotatable bonds is 8. The van der Waals surface area contributed by atoms with Crippen LogP contribution < -0.4 is 0 Å². The molecule has 2 aliphatic rings. The van der Waals surface area contributed by atoms with Crippen molar-refractivity contribution in [3.8, 4) is 0 Å². The maximum Gasteiger partial charge on any atom is 0.162 e. The van der Waals surface area contributed by atoms with Crippen molar-refractivity contribution in [2.24, 2.45) is 11.8 Å². The van der Waals surface area contributed by atoms with Gasteiger partial charge in [-0.1, -0.05) is 94.6 Å². The molecule has 0 bridgehead atoms. The van der Waals surface area contributed by atoms with Crippen molar-refractivity contribution in [2.45, 2.75) is 89.6 Å². The summed E-state index contributed by atoms with van der Waals surface area (Å²) in [7, 11) is 0. The van der Waals surface area contributed by atoms with Crippen LogP contribution in [0.3, 0.4) is 0 Å². The molecule has 1 saturated carbocycles. The molecule has 1 N–H and O–H groups in total. The van der Waals surface area contributed by atoms with E-state index in [9.17, 15) is 9.90 Å². The number of carbonyl (C=O) groups excluding carboxylic acids is 1. The highest BCUT2D eigenvalue weighted by atomic mass is 16.3. The first kappa shape index (κ1) is 26.1. The molecule has 1 heterocycles. The largest absolute Gasteiger partial charge is 0.385 e. The summed E-state index contributed by atoms with van der Waals surface area (Å²) in [6.45, 7) is 9.59. The fourth-order valence-electron chi connectivity index (χ4n) is 6.41.